The maximum atomic E-state index is 11.7. The lowest BCUT2D eigenvalue weighted by Crippen LogP contribution is -2.21. The number of benzene rings is 1. The molecular formula is C20H28N4O2. The molecule has 0 aliphatic carbocycles. The molecule has 0 saturated heterocycles. The number of rotatable bonds is 3. The van der Waals surface area contributed by atoms with E-state index >= 15 is 0 Å². The van der Waals surface area contributed by atoms with Gasteiger partial charge in [0.15, 0.2) is 5.82 Å². The van der Waals surface area contributed by atoms with E-state index in [-0.39, 0.29) is 16.8 Å². The van der Waals surface area contributed by atoms with Crippen LogP contribution in [-0.4, -0.2) is 15.9 Å². The van der Waals surface area contributed by atoms with Gasteiger partial charge in [-0.3, -0.25) is 4.79 Å². The Hall–Kier alpha value is -2.63. The number of hydrogen-bond acceptors (Lipinski definition) is 6. The van der Waals surface area contributed by atoms with Crippen molar-refractivity contribution in [3.05, 3.63) is 35.8 Å². The van der Waals surface area contributed by atoms with Crippen LogP contribution in [0.25, 0.3) is 0 Å². The van der Waals surface area contributed by atoms with E-state index in [1.54, 1.807) is 6.20 Å². The van der Waals surface area contributed by atoms with Crippen molar-refractivity contribution in [2.45, 2.75) is 59.3 Å². The Balaban J connectivity index is 2.68. The third kappa shape index (κ3) is 4.50. The molecule has 1 aromatic heterocycles. The van der Waals surface area contributed by atoms with Crippen LogP contribution in [0.5, 0.6) is 5.75 Å². The minimum Gasteiger partial charge on any atom is -0.426 e. The summed E-state index contributed by atoms with van der Waals surface area (Å²) in [6.45, 7) is 14.0. The molecule has 6 nitrogen and oxygen atoms in total. The van der Waals surface area contributed by atoms with Crippen LogP contribution in [0, 0.1) is 0 Å². The average molecular weight is 356 g/mol. The summed E-state index contributed by atoms with van der Waals surface area (Å²) >= 11 is 0. The Kier molecular flexibility index (Phi) is 5.26. The van der Waals surface area contributed by atoms with Gasteiger partial charge in [0.05, 0.1) is 11.9 Å². The van der Waals surface area contributed by atoms with Gasteiger partial charge in [-0.2, -0.15) is 0 Å². The third-order valence-electron chi connectivity index (χ3n) is 3.97. The van der Waals surface area contributed by atoms with Gasteiger partial charge in [0.2, 0.25) is 0 Å². The number of anilines is 3. The Morgan fingerprint density at radius 1 is 1.08 bits per heavy atom. The van der Waals surface area contributed by atoms with E-state index in [1.165, 1.54) is 13.3 Å². The average Bonchev–Trinajstić information content (AvgIpc) is 2.48. The van der Waals surface area contributed by atoms with Gasteiger partial charge in [0, 0.05) is 23.7 Å². The summed E-state index contributed by atoms with van der Waals surface area (Å²) in [5.74, 6) is 0.668. The third-order valence-corrected chi connectivity index (χ3v) is 3.97. The second-order valence-electron chi connectivity index (χ2n) is 8.44. The molecule has 2 aromatic rings. The fourth-order valence-electron chi connectivity index (χ4n) is 2.66. The van der Waals surface area contributed by atoms with Crippen LogP contribution in [0.15, 0.2) is 24.7 Å². The van der Waals surface area contributed by atoms with Crippen LogP contribution in [0.2, 0.25) is 0 Å². The molecule has 0 amide bonds. The molecule has 140 valence electrons. The first-order valence-corrected chi connectivity index (χ1v) is 8.59. The van der Waals surface area contributed by atoms with Crippen LogP contribution in [0.1, 0.15) is 59.6 Å². The molecule has 0 radical (unpaired) electrons. The van der Waals surface area contributed by atoms with Crippen LogP contribution in [0.4, 0.5) is 17.2 Å². The minimum atomic E-state index is -0.331. The lowest BCUT2D eigenvalue weighted by Gasteiger charge is -2.30. The predicted molar refractivity (Wildman–Crippen MR) is 105 cm³/mol. The number of hydrogen-bond donors (Lipinski definition) is 2. The molecule has 0 spiro atoms. The molecule has 0 aliphatic rings. The zero-order valence-electron chi connectivity index (χ0n) is 16.6. The Morgan fingerprint density at radius 3 is 2.04 bits per heavy atom. The first-order chi connectivity index (χ1) is 11.9. The van der Waals surface area contributed by atoms with E-state index in [9.17, 15) is 4.79 Å². The highest BCUT2D eigenvalue weighted by Gasteiger charge is 2.29. The van der Waals surface area contributed by atoms with Gasteiger partial charge < -0.3 is 15.8 Å². The van der Waals surface area contributed by atoms with Crippen molar-refractivity contribution in [1.82, 2.24) is 9.97 Å². The lowest BCUT2D eigenvalue weighted by atomic mass is 9.79. The number of ether oxygens (including phenoxy) is 1. The van der Waals surface area contributed by atoms with Gasteiger partial charge in [-0.15, -0.1) is 0 Å². The van der Waals surface area contributed by atoms with Crippen LogP contribution in [0.3, 0.4) is 0 Å². The van der Waals surface area contributed by atoms with Gasteiger partial charge in [0.1, 0.15) is 12.1 Å². The maximum absolute atomic E-state index is 11.7. The summed E-state index contributed by atoms with van der Waals surface area (Å²) in [6, 6.07) is 3.97. The predicted octanol–water partition coefficient (Wildman–Crippen LogP) is 4.32. The molecule has 1 aromatic carbocycles. The van der Waals surface area contributed by atoms with Gasteiger partial charge >= 0.3 is 5.97 Å². The second kappa shape index (κ2) is 6.94. The summed E-state index contributed by atoms with van der Waals surface area (Å²) in [5, 5.41) is 3.29. The molecular weight excluding hydrogens is 328 g/mol. The fraction of sp³-hybridized carbons (Fsp3) is 0.450. The van der Waals surface area contributed by atoms with Crippen molar-refractivity contribution >= 4 is 23.2 Å². The fourth-order valence-corrected chi connectivity index (χ4v) is 2.66. The molecule has 2 rings (SSSR count). The number of carbonyl (C=O) groups excluding carboxylic acids is 1. The Morgan fingerprint density at radius 2 is 1.62 bits per heavy atom. The zero-order chi connectivity index (χ0) is 19.7. The highest BCUT2D eigenvalue weighted by molar-refractivity contribution is 5.74. The number of nitrogens with one attached hydrogen (secondary N) is 1. The molecule has 0 atom stereocenters. The SMILES string of the molecule is CC(=O)Oc1c(C(C)(C)C)cc(Nc2cncnc2N)cc1C(C)(C)C. The summed E-state index contributed by atoms with van der Waals surface area (Å²) in [5.41, 5.74) is 8.85. The van der Waals surface area contributed by atoms with Gasteiger partial charge in [-0.1, -0.05) is 41.5 Å². The van der Waals surface area contributed by atoms with Crippen molar-refractivity contribution in [3.8, 4) is 5.75 Å². The standard InChI is InChI=1S/C20H28N4O2/c1-12(25)26-17-14(19(2,3)4)8-13(9-15(17)20(5,6)7)24-16-10-22-11-23-18(16)21/h8-11,24H,1-7H3,(H2,21,22,23). The molecule has 0 fully saturated rings. The molecule has 0 saturated carbocycles. The van der Waals surface area contributed by atoms with Crippen LogP contribution >= 0.6 is 0 Å². The normalized spacial score (nSPS) is 12.0. The quantitative estimate of drug-likeness (QED) is 0.629. The Labute approximate surface area is 155 Å². The van der Waals surface area contributed by atoms with E-state index in [4.69, 9.17) is 10.5 Å². The molecule has 0 bridgehead atoms. The largest absolute Gasteiger partial charge is 0.426 e. The van der Waals surface area contributed by atoms with Gasteiger partial charge in [0.25, 0.3) is 0 Å². The molecule has 0 unspecified atom stereocenters. The second-order valence-corrected chi connectivity index (χ2v) is 8.44. The van der Waals surface area contributed by atoms with E-state index in [2.05, 4.69) is 56.8 Å². The van der Waals surface area contributed by atoms with Crippen LogP contribution < -0.4 is 15.8 Å². The smallest absolute Gasteiger partial charge is 0.308 e. The number of nitrogens with zero attached hydrogens (tertiary/aromatic N) is 2. The molecule has 3 N–H and O–H groups in total. The van der Waals surface area contributed by atoms with Crippen molar-refractivity contribution in [1.29, 1.82) is 0 Å². The van der Waals surface area contributed by atoms with Gasteiger partial charge in [-0.25, -0.2) is 9.97 Å². The van der Waals surface area contributed by atoms with Crippen LogP contribution in [-0.2, 0) is 15.6 Å². The summed E-state index contributed by atoms with van der Waals surface area (Å²) in [6.07, 6.45) is 3.04. The van der Waals surface area contributed by atoms with E-state index in [1.807, 2.05) is 12.1 Å². The molecule has 6 heteroatoms. The summed E-state index contributed by atoms with van der Waals surface area (Å²) in [7, 11) is 0. The topological polar surface area (TPSA) is 90.1 Å². The van der Waals surface area contributed by atoms with E-state index < -0.39 is 0 Å². The number of carbonyl (C=O) groups is 1. The summed E-state index contributed by atoms with van der Waals surface area (Å²) in [4.78, 5) is 19.7. The number of esters is 1. The number of nitrogens with two attached hydrogens (primary N) is 1. The van der Waals surface area contributed by atoms with E-state index in [0.29, 0.717) is 17.3 Å². The number of aromatic nitrogens is 2. The van der Waals surface area contributed by atoms with Crippen molar-refractivity contribution in [2.24, 2.45) is 0 Å². The highest BCUT2D eigenvalue weighted by Crippen LogP contribution is 2.42. The molecule has 1 heterocycles. The van der Waals surface area contributed by atoms with E-state index in [0.717, 1.165) is 16.8 Å². The van der Waals surface area contributed by atoms with Crippen molar-refractivity contribution < 1.29 is 9.53 Å². The first-order valence-electron chi connectivity index (χ1n) is 8.59. The maximum Gasteiger partial charge on any atom is 0.308 e. The Bertz CT molecular complexity index is 782. The van der Waals surface area contributed by atoms with Gasteiger partial charge in [-0.05, 0) is 23.0 Å². The lowest BCUT2D eigenvalue weighted by molar-refractivity contribution is -0.132. The summed E-state index contributed by atoms with van der Waals surface area (Å²) < 4.78 is 5.64. The zero-order valence-corrected chi connectivity index (χ0v) is 16.6. The molecule has 26 heavy (non-hydrogen) atoms. The number of nitrogen functional groups attached to an aromatic ring is 1. The monoisotopic (exact) mass is 356 g/mol. The molecule has 0 aliphatic heterocycles. The van der Waals surface area contributed by atoms with Crippen molar-refractivity contribution in [3.63, 3.8) is 0 Å². The minimum absolute atomic E-state index is 0.221. The van der Waals surface area contributed by atoms with Crippen molar-refractivity contribution in [2.75, 3.05) is 11.1 Å². The highest BCUT2D eigenvalue weighted by atomic mass is 16.5. The first kappa shape index (κ1) is 19.7.